The summed E-state index contributed by atoms with van der Waals surface area (Å²) in [5.41, 5.74) is 5.68. The predicted molar refractivity (Wildman–Crippen MR) is 119 cm³/mol. The minimum Gasteiger partial charge on any atom is -0.314 e. The van der Waals surface area contributed by atoms with Crippen LogP contribution in [0.3, 0.4) is 0 Å². The summed E-state index contributed by atoms with van der Waals surface area (Å²) in [6.45, 7) is 3.24. The largest absolute Gasteiger partial charge is 0.314 e. The molecule has 0 saturated carbocycles. The van der Waals surface area contributed by atoms with Crippen LogP contribution in [-0.4, -0.2) is 17.8 Å². The fraction of sp³-hybridized carbons (Fsp3) is 0.250. The molecule has 0 bridgehead atoms. The van der Waals surface area contributed by atoms with E-state index >= 15 is 0 Å². The van der Waals surface area contributed by atoms with Gasteiger partial charge in [0.05, 0.1) is 5.25 Å². The number of thioether (sulfide) groups is 1. The van der Waals surface area contributed by atoms with Gasteiger partial charge < -0.3 is 5.32 Å². The highest BCUT2D eigenvalue weighted by atomic mass is 35.5. The van der Waals surface area contributed by atoms with Crippen molar-refractivity contribution in [1.82, 2.24) is 5.32 Å². The van der Waals surface area contributed by atoms with Crippen LogP contribution in [-0.2, 0) is 6.42 Å². The lowest BCUT2D eigenvalue weighted by Crippen LogP contribution is -2.29. The van der Waals surface area contributed by atoms with Crippen molar-refractivity contribution in [2.75, 3.05) is 6.54 Å². The Labute approximate surface area is 171 Å². The van der Waals surface area contributed by atoms with Crippen LogP contribution in [0.15, 0.2) is 83.3 Å². The van der Waals surface area contributed by atoms with E-state index in [2.05, 4.69) is 72.9 Å². The molecule has 1 heterocycles. The summed E-state index contributed by atoms with van der Waals surface area (Å²) >= 11 is 7.94. The molecule has 4 rings (SSSR count). The first kappa shape index (κ1) is 18.6. The van der Waals surface area contributed by atoms with Crippen LogP contribution in [0, 0.1) is 0 Å². The monoisotopic (exact) mass is 393 g/mol. The zero-order chi connectivity index (χ0) is 18.6. The molecule has 0 amide bonds. The maximum Gasteiger partial charge on any atom is 0.0530 e. The van der Waals surface area contributed by atoms with E-state index in [0.29, 0.717) is 11.3 Å². The fourth-order valence-corrected chi connectivity index (χ4v) is 5.17. The second-order valence-electron chi connectivity index (χ2n) is 7.15. The van der Waals surface area contributed by atoms with Gasteiger partial charge in [0.2, 0.25) is 0 Å². The maximum atomic E-state index is 5.98. The second-order valence-corrected chi connectivity index (χ2v) is 8.77. The van der Waals surface area contributed by atoms with Crippen molar-refractivity contribution < 1.29 is 0 Å². The summed E-state index contributed by atoms with van der Waals surface area (Å²) < 4.78 is 0. The van der Waals surface area contributed by atoms with E-state index in [9.17, 15) is 0 Å². The predicted octanol–water partition coefficient (Wildman–Crippen LogP) is 6.30. The van der Waals surface area contributed by atoms with Crippen LogP contribution < -0.4 is 5.32 Å². The zero-order valence-electron chi connectivity index (χ0n) is 15.5. The van der Waals surface area contributed by atoms with Crippen molar-refractivity contribution in [1.29, 1.82) is 0 Å². The van der Waals surface area contributed by atoms with Gasteiger partial charge in [-0.1, -0.05) is 66.2 Å². The van der Waals surface area contributed by atoms with Gasteiger partial charge in [-0.2, -0.15) is 0 Å². The molecule has 2 atom stereocenters. The molecule has 1 aliphatic carbocycles. The fourth-order valence-electron chi connectivity index (χ4n) is 3.78. The average molecular weight is 394 g/mol. The molecule has 0 spiro atoms. The molecule has 0 radical (unpaired) electrons. The number of hydrogen-bond donors (Lipinski definition) is 1. The smallest absolute Gasteiger partial charge is 0.0530 e. The summed E-state index contributed by atoms with van der Waals surface area (Å²) in [6, 6.07) is 17.4. The van der Waals surface area contributed by atoms with E-state index in [-0.39, 0.29) is 0 Å². The molecule has 0 fully saturated rings. The lowest BCUT2D eigenvalue weighted by atomic mass is 9.92. The van der Waals surface area contributed by atoms with Crippen LogP contribution in [0.1, 0.15) is 24.5 Å². The first-order chi connectivity index (χ1) is 13.2. The lowest BCUT2D eigenvalue weighted by molar-refractivity contribution is 0.553. The first-order valence-electron chi connectivity index (χ1n) is 9.52. The van der Waals surface area contributed by atoms with Crippen LogP contribution in [0.25, 0.3) is 5.57 Å². The molecule has 2 unspecified atom stereocenters. The van der Waals surface area contributed by atoms with Crippen LogP contribution >= 0.6 is 23.4 Å². The van der Waals surface area contributed by atoms with E-state index in [4.69, 9.17) is 11.6 Å². The number of rotatable bonds is 6. The van der Waals surface area contributed by atoms with E-state index < -0.39 is 0 Å². The Balaban J connectivity index is 1.43. The molecular formula is C24H24ClNS. The summed E-state index contributed by atoms with van der Waals surface area (Å²) in [7, 11) is 0. The Morgan fingerprint density at radius 1 is 1.07 bits per heavy atom. The van der Waals surface area contributed by atoms with E-state index in [1.54, 1.807) is 0 Å². The van der Waals surface area contributed by atoms with Gasteiger partial charge in [0.25, 0.3) is 0 Å². The van der Waals surface area contributed by atoms with Gasteiger partial charge in [-0.3, -0.25) is 0 Å². The summed E-state index contributed by atoms with van der Waals surface area (Å²) in [4.78, 5) is 1.40. The molecular weight excluding hydrogens is 370 g/mol. The maximum absolute atomic E-state index is 5.98. The number of allylic oxidation sites excluding steroid dienone is 3. The van der Waals surface area contributed by atoms with Crippen molar-refractivity contribution in [3.8, 4) is 0 Å². The van der Waals surface area contributed by atoms with Crippen LogP contribution in [0.5, 0.6) is 0 Å². The molecule has 0 saturated heterocycles. The van der Waals surface area contributed by atoms with Gasteiger partial charge in [0, 0.05) is 16.0 Å². The second kappa shape index (κ2) is 8.52. The van der Waals surface area contributed by atoms with Gasteiger partial charge in [0.1, 0.15) is 0 Å². The highest BCUT2D eigenvalue weighted by Gasteiger charge is 2.25. The molecule has 0 aromatic heterocycles. The Morgan fingerprint density at radius 2 is 1.89 bits per heavy atom. The molecule has 2 aromatic rings. The molecule has 27 heavy (non-hydrogen) atoms. The third-order valence-corrected chi connectivity index (χ3v) is 6.64. The third-order valence-electron chi connectivity index (χ3n) is 5.12. The summed E-state index contributed by atoms with van der Waals surface area (Å²) in [5.74, 6) is 0. The zero-order valence-corrected chi connectivity index (χ0v) is 17.1. The van der Waals surface area contributed by atoms with Crippen molar-refractivity contribution in [3.05, 3.63) is 94.6 Å². The highest BCUT2D eigenvalue weighted by Crippen LogP contribution is 2.44. The Hall–Kier alpha value is -1.74. The molecule has 1 nitrogen and oxygen atoms in total. The van der Waals surface area contributed by atoms with Crippen molar-refractivity contribution in [3.63, 3.8) is 0 Å². The molecule has 138 valence electrons. The SMILES string of the molecule is CC(Cc1ccc(Cl)cc1)NCCC1=C2C=CC=CC2Sc2ccccc21. The topological polar surface area (TPSA) is 12.0 Å². The Kier molecular flexibility index (Phi) is 5.87. The van der Waals surface area contributed by atoms with Gasteiger partial charge >= 0.3 is 0 Å². The Bertz CT molecular complexity index is 895. The van der Waals surface area contributed by atoms with Gasteiger partial charge in [-0.15, -0.1) is 11.8 Å². The normalized spacial score (nSPS) is 19.0. The van der Waals surface area contributed by atoms with Gasteiger partial charge in [-0.05, 0) is 66.8 Å². The van der Waals surface area contributed by atoms with E-state index in [1.165, 1.54) is 27.2 Å². The molecule has 2 aromatic carbocycles. The van der Waals surface area contributed by atoms with Gasteiger partial charge in [0.15, 0.2) is 0 Å². The number of halogens is 1. The molecule has 3 heteroatoms. The number of benzene rings is 2. The Morgan fingerprint density at radius 3 is 2.74 bits per heavy atom. The van der Waals surface area contributed by atoms with Crippen molar-refractivity contribution in [2.45, 2.75) is 36.0 Å². The molecule has 2 aliphatic rings. The first-order valence-corrected chi connectivity index (χ1v) is 10.8. The quantitative estimate of drug-likeness (QED) is 0.617. The number of fused-ring (bicyclic) bond motifs is 2. The summed E-state index contributed by atoms with van der Waals surface area (Å²) in [6.07, 6.45) is 11.0. The van der Waals surface area contributed by atoms with Crippen molar-refractivity contribution >= 4 is 28.9 Å². The molecule has 1 aliphatic heterocycles. The van der Waals surface area contributed by atoms with Crippen LogP contribution in [0.2, 0.25) is 5.02 Å². The third kappa shape index (κ3) is 4.40. The minimum absolute atomic E-state index is 0.433. The average Bonchev–Trinajstić information content (AvgIpc) is 2.69. The lowest BCUT2D eigenvalue weighted by Gasteiger charge is -2.29. The highest BCUT2D eigenvalue weighted by molar-refractivity contribution is 8.00. The minimum atomic E-state index is 0.433. The number of nitrogens with one attached hydrogen (secondary N) is 1. The van der Waals surface area contributed by atoms with E-state index in [0.717, 1.165) is 24.4 Å². The van der Waals surface area contributed by atoms with E-state index in [1.807, 2.05) is 23.9 Å². The van der Waals surface area contributed by atoms with Crippen LogP contribution in [0.4, 0.5) is 0 Å². The number of hydrogen-bond acceptors (Lipinski definition) is 2. The van der Waals surface area contributed by atoms with Crippen molar-refractivity contribution in [2.24, 2.45) is 0 Å². The standard InChI is InChI=1S/C24H24ClNS/c1-17(16-18-10-12-19(25)13-11-18)26-15-14-20-21-6-2-4-8-23(21)27-24-9-5-3-7-22(20)24/h2-13,17,23,26H,14-16H2,1H3. The van der Waals surface area contributed by atoms with Gasteiger partial charge in [-0.25, -0.2) is 0 Å². The summed E-state index contributed by atoms with van der Waals surface area (Å²) in [5, 5.41) is 4.95. The molecule has 1 N–H and O–H groups in total.